The van der Waals surface area contributed by atoms with Gasteiger partial charge in [0, 0.05) is 29.0 Å². The van der Waals surface area contributed by atoms with E-state index in [0.717, 1.165) is 15.6 Å². The van der Waals surface area contributed by atoms with Gasteiger partial charge in [-0.05, 0) is 28.8 Å². The summed E-state index contributed by atoms with van der Waals surface area (Å²) in [5.41, 5.74) is 10.8. The van der Waals surface area contributed by atoms with Crippen LogP contribution < -0.4 is 0 Å². The maximum Gasteiger partial charge on any atom is 0.147 e. The third-order valence-electron chi connectivity index (χ3n) is 3.50. The molecule has 0 spiro atoms. The number of rotatable bonds is 8. The predicted octanol–water partition coefficient (Wildman–Crippen LogP) is 5.20. The van der Waals surface area contributed by atoms with Gasteiger partial charge in [0.15, 0.2) is 0 Å². The molecule has 23 heavy (non-hydrogen) atoms. The average Bonchev–Trinajstić information content (AvgIpc) is 2.59. The van der Waals surface area contributed by atoms with E-state index in [1.807, 2.05) is 54.6 Å². The third kappa shape index (κ3) is 5.08. The van der Waals surface area contributed by atoms with Gasteiger partial charge in [-0.1, -0.05) is 63.5 Å². The highest BCUT2D eigenvalue weighted by Gasteiger charge is 2.25. The second-order valence-corrected chi connectivity index (χ2v) is 5.89. The van der Waals surface area contributed by atoms with Gasteiger partial charge in [0.05, 0.1) is 6.10 Å². The van der Waals surface area contributed by atoms with Crippen molar-refractivity contribution in [1.29, 1.82) is 0 Å². The van der Waals surface area contributed by atoms with Crippen molar-refractivity contribution in [3.05, 3.63) is 80.6 Å². The number of ether oxygens (including phenoxy) is 2. The van der Waals surface area contributed by atoms with Crippen LogP contribution in [0.1, 0.15) is 23.1 Å². The summed E-state index contributed by atoms with van der Waals surface area (Å²) in [4.78, 5) is 2.90. The molecule has 0 amide bonds. The lowest BCUT2D eigenvalue weighted by Gasteiger charge is -2.27. The molecule has 120 valence electrons. The molecular weight excluding hydrogens is 358 g/mol. The van der Waals surface area contributed by atoms with Crippen molar-refractivity contribution in [3.8, 4) is 0 Å². The molecule has 0 saturated heterocycles. The highest BCUT2D eigenvalue weighted by molar-refractivity contribution is 9.10. The molecule has 0 aliphatic heterocycles. The first-order chi connectivity index (χ1) is 11.3. The summed E-state index contributed by atoms with van der Waals surface area (Å²) in [6.07, 6.45) is -0.268. The Morgan fingerprint density at radius 3 is 2.39 bits per heavy atom. The lowest BCUT2D eigenvalue weighted by atomic mass is 9.89. The maximum absolute atomic E-state index is 8.71. The first-order valence-corrected chi connectivity index (χ1v) is 7.97. The van der Waals surface area contributed by atoms with Gasteiger partial charge in [0.25, 0.3) is 0 Å². The number of azide groups is 1. The molecule has 2 atom stereocenters. The standard InChI is InChI=1S/C17H18BrN3O2/c1-22-12-23-17(14-7-9-15(18)10-8-14)16(11-20-21-19)13-5-3-2-4-6-13/h2-10,16-17H,11-12H2,1H3/t16-,17+/m1/s1. The summed E-state index contributed by atoms with van der Waals surface area (Å²) in [5, 5.41) is 3.77. The number of hydrogen-bond donors (Lipinski definition) is 0. The lowest BCUT2D eigenvalue weighted by molar-refractivity contribution is -0.0816. The first-order valence-electron chi connectivity index (χ1n) is 7.18. The number of halogens is 1. The van der Waals surface area contributed by atoms with Crippen LogP contribution in [0, 0.1) is 0 Å². The molecule has 5 nitrogen and oxygen atoms in total. The van der Waals surface area contributed by atoms with Gasteiger partial charge >= 0.3 is 0 Å². The van der Waals surface area contributed by atoms with E-state index in [-0.39, 0.29) is 18.8 Å². The van der Waals surface area contributed by atoms with Crippen LogP contribution in [0.3, 0.4) is 0 Å². The largest absolute Gasteiger partial charge is 0.359 e. The van der Waals surface area contributed by atoms with Gasteiger partial charge in [-0.15, -0.1) is 0 Å². The fourth-order valence-electron chi connectivity index (χ4n) is 2.44. The van der Waals surface area contributed by atoms with Gasteiger partial charge < -0.3 is 9.47 Å². The molecule has 0 N–H and O–H groups in total. The van der Waals surface area contributed by atoms with Gasteiger partial charge in [-0.2, -0.15) is 0 Å². The minimum Gasteiger partial charge on any atom is -0.359 e. The van der Waals surface area contributed by atoms with Crippen LogP contribution in [0.15, 0.2) is 64.2 Å². The second-order valence-electron chi connectivity index (χ2n) is 4.98. The predicted molar refractivity (Wildman–Crippen MR) is 93.0 cm³/mol. The summed E-state index contributed by atoms with van der Waals surface area (Å²) in [7, 11) is 1.59. The van der Waals surface area contributed by atoms with Crippen LogP contribution >= 0.6 is 15.9 Å². The van der Waals surface area contributed by atoms with Gasteiger partial charge in [-0.3, -0.25) is 0 Å². The van der Waals surface area contributed by atoms with E-state index in [2.05, 4.69) is 26.0 Å². The van der Waals surface area contributed by atoms with Gasteiger partial charge in [0.1, 0.15) is 6.79 Å². The van der Waals surface area contributed by atoms with Crippen LogP contribution in [-0.4, -0.2) is 20.4 Å². The average molecular weight is 376 g/mol. The monoisotopic (exact) mass is 375 g/mol. The molecule has 0 radical (unpaired) electrons. The van der Waals surface area contributed by atoms with E-state index in [0.29, 0.717) is 6.54 Å². The van der Waals surface area contributed by atoms with Crippen molar-refractivity contribution in [2.45, 2.75) is 12.0 Å². The van der Waals surface area contributed by atoms with E-state index in [1.165, 1.54) is 0 Å². The highest BCUT2D eigenvalue weighted by atomic mass is 79.9. The molecule has 0 fully saturated rings. The minimum absolute atomic E-state index is 0.0941. The van der Waals surface area contributed by atoms with Crippen LogP contribution in [-0.2, 0) is 9.47 Å². The molecule has 2 rings (SSSR count). The zero-order chi connectivity index (χ0) is 16.5. The summed E-state index contributed by atoms with van der Waals surface area (Å²) in [6.45, 7) is 0.477. The van der Waals surface area contributed by atoms with Crippen molar-refractivity contribution < 1.29 is 9.47 Å². The van der Waals surface area contributed by atoms with E-state index in [4.69, 9.17) is 15.0 Å². The van der Waals surface area contributed by atoms with Crippen LogP contribution in [0.4, 0.5) is 0 Å². The molecule has 0 saturated carbocycles. The van der Waals surface area contributed by atoms with E-state index in [9.17, 15) is 0 Å². The Morgan fingerprint density at radius 2 is 1.78 bits per heavy atom. The summed E-state index contributed by atoms with van der Waals surface area (Å²) in [6, 6.07) is 17.8. The fourth-order valence-corrected chi connectivity index (χ4v) is 2.70. The molecule has 6 heteroatoms. The smallest absolute Gasteiger partial charge is 0.147 e. The molecule has 2 aromatic rings. The molecular formula is C17H18BrN3O2. The van der Waals surface area contributed by atoms with Crippen LogP contribution in [0.25, 0.3) is 10.4 Å². The molecule has 0 bridgehead atoms. The van der Waals surface area contributed by atoms with Crippen LogP contribution in [0.2, 0.25) is 0 Å². The number of benzene rings is 2. The second kappa shape index (κ2) is 9.33. The summed E-state index contributed by atoms with van der Waals surface area (Å²) >= 11 is 3.44. The first kappa shape index (κ1) is 17.5. The van der Waals surface area contributed by atoms with Crippen molar-refractivity contribution in [1.82, 2.24) is 0 Å². The van der Waals surface area contributed by atoms with Gasteiger partial charge in [0.2, 0.25) is 0 Å². The zero-order valence-corrected chi connectivity index (χ0v) is 14.4. The Morgan fingerprint density at radius 1 is 1.09 bits per heavy atom. The van der Waals surface area contributed by atoms with Crippen LogP contribution in [0.5, 0.6) is 0 Å². The van der Waals surface area contributed by atoms with E-state index >= 15 is 0 Å². The van der Waals surface area contributed by atoms with Gasteiger partial charge in [-0.25, -0.2) is 0 Å². The van der Waals surface area contributed by atoms with Crippen molar-refractivity contribution in [2.75, 3.05) is 20.4 Å². The summed E-state index contributed by atoms with van der Waals surface area (Å²) < 4.78 is 12.0. The Bertz CT molecular complexity index is 643. The highest BCUT2D eigenvalue weighted by Crippen LogP contribution is 2.35. The Hall–Kier alpha value is -1.85. The van der Waals surface area contributed by atoms with E-state index < -0.39 is 0 Å². The van der Waals surface area contributed by atoms with Crippen molar-refractivity contribution >= 4 is 15.9 Å². The Kier molecular flexibility index (Phi) is 7.10. The zero-order valence-electron chi connectivity index (χ0n) is 12.8. The van der Waals surface area contributed by atoms with Crippen molar-refractivity contribution in [3.63, 3.8) is 0 Å². The maximum atomic E-state index is 8.71. The fraction of sp³-hybridized carbons (Fsp3) is 0.294. The van der Waals surface area contributed by atoms with Crippen molar-refractivity contribution in [2.24, 2.45) is 5.11 Å². The normalized spacial score (nSPS) is 13.1. The molecule has 0 aliphatic carbocycles. The molecule has 0 aliphatic rings. The third-order valence-corrected chi connectivity index (χ3v) is 4.03. The molecule has 0 aromatic heterocycles. The number of methoxy groups -OCH3 is 1. The topological polar surface area (TPSA) is 67.2 Å². The number of nitrogens with zero attached hydrogens (tertiary/aromatic N) is 3. The minimum atomic E-state index is -0.268. The molecule has 2 aromatic carbocycles. The number of hydrogen-bond acceptors (Lipinski definition) is 3. The molecule has 0 unspecified atom stereocenters. The summed E-state index contributed by atoms with van der Waals surface area (Å²) in [5.74, 6) is -0.0941. The Balaban J connectivity index is 2.38. The lowest BCUT2D eigenvalue weighted by Crippen LogP contribution is -2.18. The SMILES string of the molecule is COCO[C@@H](c1ccc(Br)cc1)[C@H](CN=[N+]=[N-])c1ccccc1. The van der Waals surface area contributed by atoms with E-state index in [1.54, 1.807) is 7.11 Å². The molecule has 0 heterocycles. The quantitative estimate of drug-likeness (QED) is 0.275. The Labute approximate surface area is 144 Å².